The summed E-state index contributed by atoms with van der Waals surface area (Å²) in [6.45, 7) is 0. The molecule has 0 aliphatic carbocycles. The summed E-state index contributed by atoms with van der Waals surface area (Å²) in [5.74, 6) is -1.81. The van der Waals surface area contributed by atoms with Crippen LogP contribution in [0.3, 0.4) is 0 Å². The molecule has 26 heavy (non-hydrogen) atoms. The molecule has 0 saturated heterocycles. The van der Waals surface area contributed by atoms with Gasteiger partial charge in [-0.05, 0) is 18.2 Å². The monoisotopic (exact) mass is 365 g/mol. The number of nitriles is 1. The minimum atomic E-state index is -3.86. The zero-order valence-electron chi connectivity index (χ0n) is 13.2. The average Bonchev–Trinajstić information content (AvgIpc) is 3.00. The summed E-state index contributed by atoms with van der Waals surface area (Å²) in [4.78, 5) is 11.6. The molecule has 128 valence electrons. The number of aromatic nitrogens is 2. The Morgan fingerprint density at radius 1 is 1.15 bits per heavy atom. The van der Waals surface area contributed by atoms with Crippen molar-refractivity contribution in [2.45, 2.75) is 10.6 Å². The molecule has 2 heterocycles. The highest BCUT2D eigenvalue weighted by Gasteiger charge is 2.37. The number of sulfone groups is 1. The molecule has 0 radical (unpaired) electrons. The van der Waals surface area contributed by atoms with Crippen molar-refractivity contribution < 1.29 is 18.3 Å². The maximum Gasteiger partial charge on any atom is 0.356 e. The van der Waals surface area contributed by atoms with Crippen LogP contribution < -0.4 is 0 Å². The Morgan fingerprint density at radius 2 is 1.88 bits per heavy atom. The molecule has 1 aromatic heterocycles. The highest BCUT2D eigenvalue weighted by molar-refractivity contribution is 7.91. The first-order valence-corrected chi connectivity index (χ1v) is 9.26. The number of nitrogens with zero attached hydrogens (tertiary/aromatic N) is 3. The third-order valence-electron chi connectivity index (χ3n) is 4.22. The van der Waals surface area contributed by atoms with E-state index in [1.165, 1.54) is 10.7 Å². The zero-order valence-corrected chi connectivity index (χ0v) is 14.1. The number of para-hydroxylation sites is 1. The largest absolute Gasteiger partial charge is 0.476 e. The van der Waals surface area contributed by atoms with Gasteiger partial charge in [-0.1, -0.05) is 30.3 Å². The third kappa shape index (κ3) is 2.22. The van der Waals surface area contributed by atoms with Crippen LogP contribution in [0.4, 0.5) is 0 Å². The van der Waals surface area contributed by atoms with Crippen LogP contribution in [-0.2, 0) is 15.6 Å². The van der Waals surface area contributed by atoms with E-state index in [1.807, 2.05) is 12.1 Å². The van der Waals surface area contributed by atoms with Crippen LogP contribution in [0.25, 0.3) is 16.9 Å². The summed E-state index contributed by atoms with van der Waals surface area (Å²) < 4.78 is 26.9. The van der Waals surface area contributed by atoms with Crippen molar-refractivity contribution in [1.29, 1.82) is 5.26 Å². The normalized spacial score (nSPS) is 14.1. The number of hydrogen-bond acceptors (Lipinski definition) is 5. The second-order valence-corrected chi connectivity index (χ2v) is 7.71. The van der Waals surface area contributed by atoms with Gasteiger partial charge in [-0.2, -0.15) is 10.4 Å². The minimum absolute atomic E-state index is 0.0332. The number of carbonyl (C=O) groups is 1. The summed E-state index contributed by atoms with van der Waals surface area (Å²) in [6.07, 6.45) is 0. The van der Waals surface area contributed by atoms with Crippen LogP contribution in [0.5, 0.6) is 0 Å². The molecule has 1 aliphatic rings. The summed E-state index contributed by atoms with van der Waals surface area (Å²) in [5, 5.41) is 23.0. The highest BCUT2D eigenvalue weighted by atomic mass is 32.2. The third-order valence-corrected chi connectivity index (χ3v) is 5.95. The van der Waals surface area contributed by atoms with Gasteiger partial charge in [-0.3, -0.25) is 0 Å². The predicted octanol–water partition coefficient (Wildman–Crippen LogP) is 2.40. The van der Waals surface area contributed by atoms with Gasteiger partial charge < -0.3 is 5.11 Å². The van der Waals surface area contributed by atoms with Crippen molar-refractivity contribution in [3.8, 4) is 23.0 Å². The lowest BCUT2D eigenvalue weighted by Gasteiger charge is -2.19. The zero-order chi connectivity index (χ0) is 18.5. The van der Waals surface area contributed by atoms with Crippen LogP contribution >= 0.6 is 0 Å². The number of carboxylic acid groups (broad SMARTS) is 1. The molecule has 0 amide bonds. The summed E-state index contributed by atoms with van der Waals surface area (Å²) >= 11 is 0. The molecule has 1 aliphatic heterocycles. The standard InChI is InChI=1S/C18H11N3O4S/c19-9-11-5-4-8-13-16-14(10-26(24,25)17(11)13)15(18(22)23)20-21(16)12-6-2-1-3-7-12/h1-8H,10H2,(H,22,23). The van der Waals surface area contributed by atoms with Gasteiger partial charge in [0.25, 0.3) is 0 Å². The van der Waals surface area contributed by atoms with Gasteiger partial charge in [0.1, 0.15) is 6.07 Å². The van der Waals surface area contributed by atoms with E-state index in [0.717, 1.165) is 0 Å². The fourth-order valence-electron chi connectivity index (χ4n) is 3.20. The molecular weight excluding hydrogens is 354 g/mol. The Labute approximate surface area is 148 Å². The average molecular weight is 365 g/mol. The van der Waals surface area contributed by atoms with E-state index in [1.54, 1.807) is 36.4 Å². The van der Waals surface area contributed by atoms with Crippen LogP contribution in [0.2, 0.25) is 0 Å². The maximum atomic E-state index is 12.8. The van der Waals surface area contributed by atoms with Crippen LogP contribution in [-0.4, -0.2) is 29.3 Å². The molecule has 0 saturated carbocycles. The lowest BCUT2D eigenvalue weighted by atomic mass is 10.0. The van der Waals surface area contributed by atoms with Crippen molar-refractivity contribution in [2.75, 3.05) is 0 Å². The van der Waals surface area contributed by atoms with E-state index in [-0.39, 0.29) is 27.3 Å². The van der Waals surface area contributed by atoms with Gasteiger partial charge in [0.2, 0.25) is 0 Å². The van der Waals surface area contributed by atoms with Crippen molar-refractivity contribution >= 4 is 15.8 Å². The number of carboxylic acids is 1. The summed E-state index contributed by atoms with van der Waals surface area (Å²) in [6, 6.07) is 15.3. The SMILES string of the molecule is N#Cc1cccc2c1S(=O)(=O)Cc1c(C(=O)O)nn(-c3ccccc3)c1-2. The second-order valence-electron chi connectivity index (χ2n) is 5.78. The molecule has 7 nitrogen and oxygen atoms in total. The van der Waals surface area contributed by atoms with Crippen LogP contribution in [0, 0.1) is 11.3 Å². The molecule has 2 aromatic carbocycles. The van der Waals surface area contributed by atoms with E-state index in [0.29, 0.717) is 11.4 Å². The fraction of sp³-hybridized carbons (Fsp3) is 0.0556. The van der Waals surface area contributed by atoms with Gasteiger partial charge in [0.05, 0.1) is 27.6 Å². The molecule has 0 fully saturated rings. The minimum Gasteiger partial charge on any atom is -0.476 e. The van der Waals surface area contributed by atoms with Crippen molar-refractivity contribution in [2.24, 2.45) is 0 Å². The lowest BCUT2D eigenvalue weighted by Crippen LogP contribution is -2.17. The second kappa shape index (κ2) is 5.54. The maximum absolute atomic E-state index is 12.8. The van der Waals surface area contributed by atoms with Crippen molar-refractivity contribution in [1.82, 2.24) is 9.78 Å². The fourth-order valence-corrected chi connectivity index (χ4v) is 4.95. The summed E-state index contributed by atoms with van der Waals surface area (Å²) in [5.41, 5.74) is 1.13. The molecule has 0 bridgehead atoms. The Bertz CT molecular complexity index is 1210. The van der Waals surface area contributed by atoms with E-state index in [9.17, 15) is 23.6 Å². The quantitative estimate of drug-likeness (QED) is 0.746. The molecule has 0 atom stereocenters. The Hall–Kier alpha value is -3.44. The van der Waals surface area contributed by atoms with Crippen molar-refractivity contribution in [3.05, 3.63) is 65.4 Å². The number of hydrogen-bond donors (Lipinski definition) is 1. The molecule has 3 aromatic rings. The van der Waals surface area contributed by atoms with Gasteiger partial charge >= 0.3 is 5.97 Å². The van der Waals surface area contributed by atoms with Crippen LogP contribution in [0.15, 0.2) is 53.4 Å². The smallest absolute Gasteiger partial charge is 0.356 e. The molecular formula is C18H11N3O4S. The number of fused-ring (bicyclic) bond motifs is 3. The summed E-state index contributed by atoms with van der Waals surface area (Å²) in [7, 11) is -3.86. The number of aromatic carboxylic acids is 1. The topological polar surface area (TPSA) is 113 Å². The van der Waals surface area contributed by atoms with E-state index in [2.05, 4.69) is 5.10 Å². The van der Waals surface area contributed by atoms with Gasteiger partial charge in [-0.15, -0.1) is 0 Å². The van der Waals surface area contributed by atoms with Gasteiger partial charge in [-0.25, -0.2) is 17.9 Å². The number of benzene rings is 2. The van der Waals surface area contributed by atoms with Gasteiger partial charge in [0.15, 0.2) is 15.5 Å². The Balaban J connectivity index is 2.15. The van der Waals surface area contributed by atoms with Crippen molar-refractivity contribution in [3.63, 3.8) is 0 Å². The molecule has 1 N–H and O–H groups in total. The molecule has 0 spiro atoms. The Morgan fingerprint density at radius 3 is 2.54 bits per heavy atom. The van der Waals surface area contributed by atoms with E-state index >= 15 is 0 Å². The van der Waals surface area contributed by atoms with Crippen LogP contribution in [0.1, 0.15) is 21.6 Å². The molecule has 4 rings (SSSR count). The first-order chi connectivity index (χ1) is 12.4. The first kappa shape index (κ1) is 16.1. The van der Waals surface area contributed by atoms with Gasteiger partial charge in [0, 0.05) is 11.1 Å². The molecule has 0 unspecified atom stereocenters. The molecule has 8 heteroatoms. The number of rotatable bonds is 2. The van der Waals surface area contributed by atoms with E-state index < -0.39 is 21.6 Å². The van der Waals surface area contributed by atoms with E-state index in [4.69, 9.17) is 0 Å². The first-order valence-electron chi connectivity index (χ1n) is 7.61. The Kier molecular flexibility index (Phi) is 3.42. The predicted molar refractivity (Wildman–Crippen MR) is 91.6 cm³/mol. The highest BCUT2D eigenvalue weighted by Crippen LogP contribution is 2.41. The lowest BCUT2D eigenvalue weighted by molar-refractivity contribution is 0.0689.